The van der Waals surface area contributed by atoms with Crippen molar-refractivity contribution in [1.29, 1.82) is 0 Å². The van der Waals surface area contributed by atoms with E-state index in [4.69, 9.17) is 4.74 Å². The topological polar surface area (TPSA) is 67.4 Å². The zero-order valence-electron chi connectivity index (χ0n) is 11.1. The second kappa shape index (κ2) is 6.06. The fourth-order valence-electron chi connectivity index (χ4n) is 1.82. The minimum Gasteiger partial charge on any atom is -0.486 e. The Morgan fingerprint density at radius 3 is 3.10 bits per heavy atom. The van der Waals surface area contributed by atoms with Crippen molar-refractivity contribution in [2.24, 2.45) is 0 Å². The molecule has 0 bridgehead atoms. The second-order valence-electron chi connectivity index (χ2n) is 4.41. The minimum absolute atomic E-state index is 0.0474. The maximum Gasteiger partial charge on any atom is 0.262 e. The van der Waals surface area contributed by atoms with Gasteiger partial charge in [-0.25, -0.2) is 0 Å². The molecule has 5 nitrogen and oxygen atoms in total. The Morgan fingerprint density at radius 1 is 1.55 bits per heavy atom. The highest BCUT2D eigenvalue weighted by Gasteiger charge is 2.18. The predicted molar refractivity (Wildman–Crippen MR) is 75.3 cm³/mol. The van der Waals surface area contributed by atoms with Gasteiger partial charge < -0.3 is 15.4 Å². The van der Waals surface area contributed by atoms with Gasteiger partial charge in [0.1, 0.15) is 5.76 Å². The zero-order valence-corrected chi connectivity index (χ0v) is 11.1. The summed E-state index contributed by atoms with van der Waals surface area (Å²) in [5.74, 6) is 0.291. The highest BCUT2D eigenvalue weighted by molar-refractivity contribution is 5.95. The summed E-state index contributed by atoms with van der Waals surface area (Å²) in [5.41, 5.74) is 1.83. The molecule has 2 aliphatic rings. The number of carbonyl (C=O) groups excluding carboxylic acids is 2. The molecule has 0 spiro atoms. The average Bonchev–Trinajstić information content (AvgIpc) is 2.65. The lowest BCUT2D eigenvalue weighted by molar-refractivity contribution is -0.125. The molecule has 2 N–H and O–H groups in total. The van der Waals surface area contributed by atoms with Gasteiger partial charge in [-0.15, -0.1) is 0 Å². The molecule has 0 saturated carbocycles. The molecule has 5 heteroatoms. The van der Waals surface area contributed by atoms with Crippen LogP contribution in [0.3, 0.4) is 0 Å². The predicted octanol–water partition coefficient (Wildman–Crippen LogP) is 1.09. The lowest BCUT2D eigenvalue weighted by atomic mass is 10.2. The zero-order chi connectivity index (χ0) is 14.5. The molecule has 104 valence electrons. The molecule has 0 atom stereocenters. The van der Waals surface area contributed by atoms with Crippen molar-refractivity contribution >= 4 is 11.8 Å². The van der Waals surface area contributed by atoms with Crippen LogP contribution in [-0.2, 0) is 14.3 Å². The molecule has 0 aromatic heterocycles. The minimum atomic E-state index is -0.267. The molecule has 1 aliphatic carbocycles. The Balaban J connectivity index is 2.06. The van der Waals surface area contributed by atoms with Gasteiger partial charge in [0.2, 0.25) is 0 Å². The van der Waals surface area contributed by atoms with E-state index in [-0.39, 0.29) is 18.4 Å². The molecule has 0 fully saturated rings. The lowest BCUT2D eigenvalue weighted by Gasteiger charge is -2.18. The molecule has 0 radical (unpaired) electrons. The summed E-state index contributed by atoms with van der Waals surface area (Å²) in [6, 6.07) is 0. The van der Waals surface area contributed by atoms with Crippen LogP contribution in [0.1, 0.15) is 6.42 Å². The molecule has 0 saturated heterocycles. The first kappa shape index (κ1) is 13.9. The average molecular weight is 272 g/mol. The third-order valence-corrected chi connectivity index (χ3v) is 2.91. The number of amides is 2. The number of hydrogen-bond donors (Lipinski definition) is 2. The Hall–Kier alpha value is -2.56. The van der Waals surface area contributed by atoms with Gasteiger partial charge in [-0.05, 0) is 11.6 Å². The fourth-order valence-corrected chi connectivity index (χ4v) is 1.82. The maximum absolute atomic E-state index is 11.6. The monoisotopic (exact) mass is 272 g/mol. The van der Waals surface area contributed by atoms with Crippen molar-refractivity contribution in [3.8, 4) is 0 Å². The van der Waals surface area contributed by atoms with Gasteiger partial charge in [0, 0.05) is 18.5 Å². The van der Waals surface area contributed by atoms with Gasteiger partial charge in [-0.2, -0.15) is 0 Å². The number of hydrogen-bond acceptors (Lipinski definition) is 3. The Kier molecular flexibility index (Phi) is 4.20. The van der Waals surface area contributed by atoms with Gasteiger partial charge >= 0.3 is 0 Å². The van der Waals surface area contributed by atoms with Crippen LogP contribution in [0.2, 0.25) is 0 Å². The molecule has 0 unspecified atom stereocenters. The van der Waals surface area contributed by atoms with E-state index in [1.165, 1.54) is 6.08 Å². The van der Waals surface area contributed by atoms with E-state index in [1.54, 1.807) is 6.08 Å². The van der Waals surface area contributed by atoms with E-state index in [1.807, 2.05) is 12.2 Å². The van der Waals surface area contributed by atoms with E-state index in [2.05, 4.69) is 23.8 Å². The highest BCUT2D eigenvalue weighted by atomic mass is 16.5. The molecule has 2 amide bonds. The summed E-state index contributed by atoms with van der Waals surface area (Å²) in [7, 11) is 0. The normalized spacial score (nSPS) is 17.2. The van der Waals surface area contributed by atoms with Crippen LogP contribution in [0.15, 0.2) is 60.1 Å². The molecule has 0 aromatic rings. The first-order chi connectivity index (χ1) is 9.60. The van der Waals surface area contributed by atoms with Crippen LogP contribution >= 0.6 is 0 Å². The highest BCUT2D eigenvalue weighted by Crippen LogP contribution is 2.19. The molecule has 1 heterocycles. The summed E-state index contributed by atoms with van der Waals surface area (Å²) in [6.07, 6.45) is 7.64. The largest absolute Gasteiger partial charge is 0.486 e. The Labute approximate surface area is 117 Å². The van der Waals surface area contributed by atoms with Crippen LogP contribution in [0.5, 0.6) is 0 Å². The number of ether oxygens (including phenoxy) is 1. The van der Waals surface area contributed by atoms with Crippen molar-refractivity contribution < 1.29 is 14.3 Å². The first-order valence-corrected chi connectivity index (χ1v) is 6.22. The van der Waals surface area contributed by atoms with Crippen LogP contribution in [0, 0.1) is 0 Å². The fraction of sp³-hybridized carbons (Fsp3) is 0.200. The van der Waals surface area contributed by atoms with Crippen molar-refractivity contribution in [3.05, 3.63) is 60.1 Å². The number of carbonyl (C=O) groups is 2. The van der Waals surface area contributed by atoms with Crippen molar-refractivity contribution in [1.82, 2.24) is 10.6 Å². The second-order valence-corrected chi connectivity index (χ2v) is 4.41. The SMILES string of the molecule is C=CC(=C)C(=O)NCC1=CC2=C(CC=C1)OCC(=O)N2. The third kappa shape index (κ3) is 3.26. The summed E-state index contributed by atoms with van der Waals surface area (Å²) in [6.45, 7) is 7.46. The van der Waals surface area contributed by atoms with E-state index in [0.29, 0.717) is 24.2 Å². The summed E-state index contributed by atoms with van der Waals surface area (Å²) in [5, 5.41) is 5.49. The van der Waals surface area contributed by atoms with Crippen molar-refractivity contribution in [3.63, 3.8) is 0 Å². The van der Waals surface area contributed by atoms with Crippen LogP contribution < -0.4 is 10.6 Å². The van der Waals surface area contributed by atoms with E-state index < -0.39 is 0 Å². The standard InChI is InChI=1S/C15H16N2O3/c1-3-10(2)15(19)16-8-11-5-4-6-13-12(7-11)17-14(18)9-20-13/h3-5,7H,1-2,6,8-9H2,(H,16,19)(H,17,18). The third-order valence-electron chi connectivity index (χ3n) is 2.91. The van der Waals surface area contributed by atoms with Crippen LogP contribution in [0.25, 0.3) is 0 Å². The van der Waals surface area contributed by atoms with Gasteiger partial charge in [-0.3, -0.25) is 9.59 Å². The van der Waals surface area contributed by atoms with Gasteiger partial charge in [0.05, 0.1) is 5.70 Å². The maximum atomic E-state index is 11.6. The summed E-state index contributed by atoms with van der Waals surface area (Å²) >= 11 is 0. The van der Waals surface area contributed by atoms with E-state index in [9.17, 15) is 9.59 Å². The van der Waals surface area contributed by atoms with Crippen LogP contribution in [0.4, 0.5) is 0 Å². The number of rotatable bonds is 4. The van der Waals surface area contributed by atoms with Gasteiger partial charge in [0.25, 0.3) is 11.8 Å². The lowest BCUT2D eigenvalue weighted by Crippen LogP contribution is -2.32. The molecular weight excluding hydrogens is 256 g/mol. The molecular formula is C15H16N2O3. The Bertz CT molecular complexity index is 568. The first-order valence-electron chi connectivity index (χ1n) is 6.22. The van der Waals surface area contributed by atoms with Gasteiger partial charge in [0.15, 0.2) is 6.61 Å². The van der Waals surface area contributed by atoms with E-state index >= 15 is 0 Å². The number of allylic oxidation sites excluding steroid dienone is 2. The Morgan fingerprint density at radius 2 is 2.35 bits per heavy atom. The van der Waals surface area contributed by atoms with E-state index in [0.717, 1.165) is 11.3 Å². The smallest absolute Gasteiger partial charge is 0.262 e. The van der Waals surface area contributed by atoms with Gasteiger partial charge in [-0.1, -0.05) is 31.4 Å². The quantitative estimate of drug-likeness (QED) is 0.594. The summed E-state index contributed by atoms with van der Waals surface area (Å²) in [4.78, 5) is 22.9. The molecule has 0 aromatic carbocycles. The molecule has 1 aliphatic heterocycles. The van der Waals surface area contributed by atoms with Crippen molar-refractivity contribution in [2.75, 3.05) is 13.2 Å². The molecule has 20 heavy (non-hydrogen) atoms. The number of nitrogens with one attached hydrogen (secondary N) is 2. The van der Waals surface area contributed by atoms with Crippen molar-refractivity contribution in [2.45, 2.75) is 6.42 Å². The summed E-state index contributed by atoms with van der Waals surface area (Å²) < 4.78 is 5.36. The van der Waals surface area contributed by atoms with Crippen LogP contribution in [-0.4, -0.2) is 25.0 Å². The molecule has 2 rings (SSSR count).